The molecule has 1 amide bonds. The zero-order chi connectivity index (χ0) is 13.0. The molecule has 0 saturated heterocycles. The fourth-order valence-corrected chi connectivity index (χ4v) is 2.50. The quantitative estimate of drug-likeness (QED) is 0.775. The van der Waals surface area contributed by atoms with Crippen LogP contribution in [0.25, 0.3) is 0 Å². The predicted octanol–water partition coefficient (Wildman–Crippen LogP) is 0.170. The molecule has 98 valence electrons. The van der Waals surface area contributed by atoms with E-state index < -0.39 is 0 Å². The van der Waals surface area contributed by atoms with Crippen LogP contribution in [0.15, 0.2) is 12.4 Å². The van der Waals surface area contributed by atoms with E-state index in [9.17, 15) is 4.79 Å². The topological polar surface area (TPSA) is 98.1 Å². The number of nitrogens with two attached hydrogens (primary N) is 2. The summed E-state index contributed by atoms with van der Waals surface area (Å²) in [6, 6.07) is 0.319. The number of anilines is 1. The Labute approximate surface area is 106 Å². The number of nitrogens with zero attached hydrogens (tertiary/aromatic N) is 3. The molecule has 0 radical (unpaired) electrons. The van der Waals surface area contributed by atoms with Gasteiger partial charge in [-0.15, -0.1) is 0 Å². The van der Waals surface area contributed by atoms with E-state index in [0.29, 0.717) is 24.1 Å². The van der Waals surface area contributed by atoms with Crippen molar-refractivity contribution in [3.63, 3.8) is 0 Å². The standard InChI is InChI=1S/C12H19N5O/c13-7-10-12(16-6-5-15-10)17(8-11(14)18)9-3-1-2-4-9/h5-6,9H,1-4,7-8,13H2,(H2,14,18). The van der Waals surface area contributed by atoms with Crippen molar-refractivity contribution in [2.24, 2.45) is 11.5 Å². The summed E-state index contributed by atoms with van der Waals surface area (Å²) in [4.78, 5) is 21.7. The second-order valence-electron chi connectivity index (χ2n) is 4.56. The van der Waals surface area contributed by atoms with E-state index in [2.05, 4.69) is 9.97 Å². The highest BCUT2D eigenvalue weighted by Gasteiger charge is 2.26. The smallest absolute Gasteiger partial charge is 0.237 e. The SMILES string of the molecule is NCc1nccnc1N(CC(N)=O)C1CCCC1. The van der Waals surface area contributed by atoms with Crippen molar-refractivity contribution in [2.75, 3.05) is 11.4 Å². The minimum Gasteiger partial charge on any atom is -0.368 e. The molecule has 1 fully saturated rings. The average Bonchev–Trinajstić information content (AvgIpc) is 2.89. The molecule has 4 N–H and O–H groups in total. The fourth-order valence-electron chi connectivity index (χ4n) is 2.50. The van der Waals surface area contributed by atoms with Crippen LogP contribution < -0.4 is 16.4 Å². The summed E-state index contributed by atoms with van der Waals surface area (Å²) in [6.45, 7) is 0.488. The van der Waals surface area contributed by atoms with E-state index in [0.717, 1.165) is 12.8 Å². The van der Waals surface area contributed by atoms with Gasteiger partial charge in [0.05, 0.1) is 12.2 Å². The van der Waals surface area contributed by atoms with Gasteiger partial charge in [-0.05, 0) is 12.8 Å². The van der Waals surface area contributed by atoms with E-state index in [1.165, 1.54) is 12.8 Å². The molecule has 18 heavy (non-hydrogen) atoms. The Hall–Kier alpha value is -1.69. The van der Waals surface area contributed by atoms with Crippen LogP contribution in [0.3, 0.4) is 0 Å². The third-order valence-electron chi connectivity index (χ3n) is 3.31. The third-order valence-corrected chi connectivity index (χ3v) is 3.31. The first-order valence-electron chi connectivity index (χ1n) is 6.27. The van der Waals surface area contributed by atoms with E-state index in [4.69, 9.17) is 11.5 Å². The Morgan fingerprint density at radius 2 is 2.00 bits per heavy atom. The van der Waals surface area contributed by atoms with Gasteiger partial charge in [0.1, 0.15) is 0 Å². The van der Waals surface area contributed by atoms with E-state index in [1.54, 1.807) is 12.4 Å². The number of carbonyl (C=O) groups is 1. The molecule has 1 aliphatic carbocycles. The van der Waals surface area contributed by atoms with Crippen LogP contribution in [0.1, 0.15) is 31.4 Å². The van der Waals surface area contributed by atoms with Crippen LogP contribution in [0.4, 0.5) is 5.82 Å². The van der Waals surface area contributed by atoms with Crippen molar-refractivity contribution in [1.82, 2.24) is 9.97 Å². The maximum Gasteiger partial charge on any atom is 0.237 e. The molecule has 0 unspecified atom stereocenters. The minimum absolute atomic E-state index is 0.177. The maximum absolute atomic E-state index is 11.2. The van der Waals surface area contributed by atoms with Gasteiger partial charge < -0.3 is 16.4 Å². The predicted molar refractivity (Wildman–Crippen MR) is 68.7 cm³/mol. The molecule has 0 atom stereocenters. The molecule has 1 heterocycles. The molecule has 2 rings (SSSR count). The number of carbonyl (C=O) groups excluding carboxylic acids is 1. The molecular formula is C12H19N5O. The van der Waals surface area contributed by atoms with Crippen molar-refractivity contribution >= 4 is 11.7 Å². The Morgan fingerprint density at radius 1 is 1.33 bits per heavy atom. The van der Waals surface area contributed by atoms with Gasteiger partial charge >= 0.3 is 0 Å². The number of rotatable bonds is 5. The second-order valence-corrected chi connectivity index (χ2v) is 4.56. The summed E-state index contributed by atoms with van der Waals surface area (Å²) in [5.74, 6) is 0.348. The summed E-state index contributed by atoms with van der Waals surface area (Å²) in [5.41, 5.74) is 11.7. The zero-order valence-corrected chi connectivity index (χ0v) is 10.4. The summed E-state index contributed by atoms with van der Waals surface area (Å²) < 4.78 is 0. The Kier molecular flexibility index (Phi) is 4.09. The third kappa shape index (κ3) is 2.76. The Bertz CT molecular complexity index is 417. The number of amides is 1. The average molecular weight is 249 g/mol. The van der Waals surface area contributed by atoms with Gasteiger partial charge in [0.25, 0.3) is 0 Å². The van der Waals surface area contributed by atoms with Gasteiger partial charge in [0, 0.05) is 25.0 Å². The van der Waals surface area contributed by atoms with Crippen LogP contribution in [0, 0.1) is 0 Å². The summed E-state index contributed by atoms with van der Waals surface area (Å²) in [5, 5.41) is 0. The van der Waals surface area contributed by atoms with Crippen LogP contribution in [-0.4, -0.2) is 28.5 Å². The highest BCUT2D eigenvalue weighted by Crippen LogP contribution is 2.28. The highest BCUT2D eigenvalue weighted by molar-refractivity contribution is 5.79. The molecule has 6 heteroatoms. The molecule has 0 spiro atoms. The summed E-state index contributed by atoms with van der Waals surface area (Å²) in [7, 11) is 0. The largest absolute Gasteiger partial charge is 0.368 e. The lowest BCUT2D eigenvalue weighted by Gasteiger charge is -2.29. The maximum atomic E-state index is 11.2. The van der Waals surface area contributed by atoms with Gasteiger partial charge in [-0.3, -0.25) is 9.78 Å². The molecular weight excluding hydrogens is 230 g/mol. The van der Waals surface area contributed by atoms with Crippen molar-refractivity contribution in [3.05, 3.63) is 18.1 Å². The van der Waals surface area contributed by atoms with Gasteiger partial charge in [-0.25, -0.2) is 4.98 Å². The number of primary amides is 1. The summed E-state index contributed by atoms with van der Waals surface area (Å²) >= 11 is 0. The molecule has 0 aliphatic heterocycles. The monoisotopic (exact) mass is 249 g/mol. The molecule has 1 saturated carbocycles. The van der Waals surface area contributed by atoms with Crippen LogP contribution >= 0.6 is 0 Å². The zero-order valence-electron chi connectivity index (χ0n) is 10.4. The van der Waals surface area contributed by atoms with Gasteiger partial charge in [0.15, 0.2) is 5.82 Å². The van der Waals surface area contributed by atoms with E-state index in [-0.39, 0.29) is 12.5 Å². The van der Waals surface area contributed by atoms with E-state index in [1.807, 2.05) is 4.90 Å². The lowest BCUT2D eigenvalue weighted by molar-refractivity contribution is -0.116. The second kappa shape index (κ2) is 5.77. The molecule has 0 bridgehead atoms. The first-order valence-corrected chi connectivity index (χ1v) is 6.27. The number of aromatic nitrogens is 2. The number of hydrogen-bond donors (Lipinski definition) is 2. The number of hydrogen-bond acceptors (Lipinski definition) is 5. The lowest BCUT2D eigenvalue weighted by Crippen LogP contribution is -2.41. The summed E-state index contributed by atoms with van der Waals surface area (Å²) in [6.07, 6.45) is 7.72. The first kappa shape index (κ1) is 12.8. The van der Waals surface area contributed by atoms with Crippen LogP contribution in [0.2, 0.25) is 0 Å². The van der Waals surface area contributed by atoms with Gasteiger partial charge in [-0.2, -0.15) is 0 Å². The molecule has 6 nitrogen and oxygen atoms in total. The van der Waals surface area contributed by atoms with Crippen LogP contribution in [0.5, 0.6) is 0 Å². The van der Waals surface area contributed by atoms with Gasteiger partial charge in [-0.1, -0.05) is 12.8 Å². The normalized spacial score (nSPS) is 15.8. The van der Waals surface area contributed by atoms with Crippen molar-refractivity contribution in [1.29, 1.82) is 0 Å². The minimum atomic E-state index is -0.351. The van der Waals surface area contributed by atoms with E-state index >= 15 is 0 Å². The van der Waals surface area contributed by atoms with Crippen molar-refractivity contribution < 1.29 is 4.79 Å². The molecule has 1 aromatic rings. The molecule has 1 aromatic heterocycles. The lowest BCUT2D eigenvalue weighted by atomic mass is 10.2. The van der Waals surface area contributed by atoms with Crippen molar-refractivity contribution in [3.8, 4) is 0 Å². The highest BCUT2D eigenvalue weighted by atomic mass is 16.1. The van der Waals surface area contributed by atoms with Crippen LogP contribution in [-0.2, 0) is 11.3 Å². The Balaban J connectivity index is 2.29. The van der Waals surface area contributed by atoms with Gasteiger partial charge in [0.2, 0.25) is 5.91 Å². The molecule has 0 aromatic carbocycles. The molecule has 1 aliphatic rings. The fraction of sp³-hybridized carbons (Fsp3) is 0.583. The van der Waals surface area contributed by atoms with Crippen molar-refractivity contribution in [2.45, 2.75) is 38.3 Å². The Morgan fingerprint density at radius 3 is 2.61 bits per heavy atom. The first-order chi connectivity index (χ1) is 8.72.